The van der Waals surface area contributed by atoms with Gasteiger partial charge in [0.25, 0.3) is 5.91 Å². The summed E-state index contributed by atoms with van der Waals surface area (Å²) < 4.78 is 21.2. The van der Waals surface area contributed by atoms with Crippen molar-refractivity contribution in [3.8, 4) is 17.2 Å². The Morgan fingerprint density at radius 3 is 2.28 bits per heavy atom. The highest BCUT2D eigenvalue weighted by Gasteiger charge is 2.11. The zero-order chi connectivity index (χ0) is 21.1. The van der Waals surface area contributed by atoms with Gasteiger partial charge in [0.1, 0.15) is 5.75 Å². The van der Waals surface area contributed by atoms with Crippen molar-refractivity contribution in [2.24, 2.45) is 0 Å². The predicted molar refractivity (Wildman–Crippen MR) is 109 cm³/mol. The normalized spacial score (nSPS) is 10.2. The Hall–Kier alpha value is -3.22. The molecule has 0 spiro atoms. The summed E-state index contributed by atoms with van der Waals surface area (Å²) >= 11 is 0. The molecule has 0 saturated carbocycles. The summed E-state index contributed by atoms with van der Waals surface area (Å²) in [6.07, 6.45) is 0.616. The minimum atomic E-state index is -0.560. The molecule has 0 atom stereocenters. The van der Waals surface area contributed by atoms with Gasteiger partial charge in [-0.05, 0) is 62.2 Å². The molecular formula is C22H27NO6. The van der Waals surface area contributed by atoms with Crippen LogP contribution in [-0.2, 0) is 16.0 Å². The lowest BCUT2D eigenvalue weighted by atomic mass is 10.1. The molecule has 0 aliphatic carbocycles. The van der Waals surface area contributed by atoms with Crippen molar-refractivity contribution in [1.82, 2.24) is 5.32 Å². The third-order valence-corrected chi connectivity index (χ3v) is 4.00. The Balaban J connectivity index is 1.77. The number of amides is 1. The van der Waals surface area contributed by atoms with Gasteiger partial charge in [-0.25, -0.2) is 4.79 Å². The van der Waals surface area contributed by atoms with Crippen LogP contribution >= 0.6 is 0 Å². The Kier molecular flexibility index (Phi) is 8.82. The first-order valence-corrected chi connectivity index (χ1v) is 9.53. The molecule has 7 nitrogen and oxygen atoms in total. The van der Waals surface area contributed by atoms with Crippen molar-refractivity contribution in [2.75, 3.05) is 33.5 Å². The monoisotopic (exact) mass is 401 g/mol. The van der Waals surface area contributed by atoms with Gasteiger partial charge >= 0.3 is 5.97 Å². The summed E-state index contributed by atoms with van der Waals surface area (Å²) in [5.74, 6) is 1.11. The number of nitrogens with one attached hydrogen (secondary N) is 1. The summed E-state index contributed by atoms with van der Waals surface area (Å²) in [5.41, 5.74) is 1.36. The minimum Gasteiger partial charge on any atom is -0.497 e. The van der Waals surface area contributed by atoms with Gasteiger partial charge in [-0.15, -0.1) is 0 Å². The van der Waals surface area contributed by atoms with Crippen LogP contribution in [0.5, 0.6) is 17.2 Å². The molecule has 7 heteroatoms. The van der Waals surface area contributed by atoms with Crippen LogP contribution in [0.2, 0.25) is 0 Å². The molecule has 0 aromatic heterocycles. The van der Waals surface area contributed by atoms with E-state index in [9.17, 15) is 9.59 Å². The Morgan fingerprint density at radius 2 is 1.62 bits per heavy atom. The van der Waals surface area contributed by atoms with Gasteiger partial charge in [-0.3, -0.25) is 4.79 Å². The molecule has 0 unspecified atom stereocenters. The number of carbonyl (C=O) groups is 2. The van der Waals surface area contributed by atoms with E-state index in [2.05, 4.69) is 5.32 Å². The highest BCUT2D eigenvalue weighted by molar-refractivity contribution is 5.91. The SMILES string of the molecule is CCOc1ccc(CCNC(=O)COC(=O)c2ccc(OC)cc2)cc1OCC. The first-order chi connectivity index (χ1) is 14.1. The van der Waals surface area contributed by atoms with Crippen molar-refractivity contribution in [1.29, 1.82) is 0 Å². The van der Waals surface area contributed by atoms with Crippen molar-refractivity contribution in [3.63, 3.8) is 0 Å². The van der Waals surface area contributed by atoms with Gasteiger partial charge in [-0.1, -0.05) is 6.07 Å². The van der Waals surface area contributed by atoms with Gasteiger partial charge in [0, 0.05) is 6.54 Å². The molecule has 29 heavy (non-hydrogen) atoms. The fourth-order valence-corrected chi connectivity index (χ4v) is 2.59. The smallest absolute Gasteiger partial charge is 0.338 e. The first-order valence-electron chi connectivity index (χ1n) is 9.53. The largest absolute Gasteiger partial charge is 0.497 e. The van der Waals surface area contributed by atoms with E-state index < -0.39 is 5.97 Å². The van der Waals surface area contributed by atoms with Gasteiger partial charge in [0.2, 0.25) is 0 Å². The second-order valence-electron chi connectivity index (χ2n) is 6.05. The number of benzene rings is 2. The molecule has 2 aromatic carbocycles. The van der Waals surface area contributed by atoms with E-state index in [-0.39, 0.29) is 12.5 Å². The molecule has 0 fully saturated rings. The maximum absolute atomic E-state index is 12.0. The second kappa shape index (κ2) is 11.6. The van der Waals surface area contributed by atoms with E-state index in [4.69, 9.17) is 18.9 Å². The van der Waals surface area contributed by atoms with Crippen LogP contribution in [0.15, 0.2) is 42.5 Å². The molecule has 0 heterocycles. The number of rotatable bonds is 11. The first kappa shape index (κ1) is 22.1. The Labute approximate surface area is 170 Å². The van der Waals surface area contributed by atoms with Crippen LogP contribution in [0.4, 0.5) is 0 Å². The third kappa shape index (κ3) is 7.03. The van der Waals surface area contributed by atoms with E-state index in [1.165, 1.54) is 0 Å². The number of hydrogen-bond donors (Lipinski definition) is 1. The van der Waals surface area contributed by atoms with Gasteiger partial charge in [0.05, 0.1) is 25.9 Å². The minimum absolute atomic E-state index is 0.335. The van der Waals surface area contributed by atoms with Crippen LogP contribution < -0.4 is 19.5 Å². The molecule has 156 valence electrons. The standard InChI is InChI=1S/C22H27NO6/c1-4-27-19-11-6-16(14-20(19)28-5-2)12-13-23-21(24)15-29-22(25)17-7-9-18(26-3)10-8-17/h6-11,14H,4-5,12-13,15H2,1-3H3,(H,23,24). The summed E-state index contributed by atoms with van der Waals surface area (Å²) in [6.45, 7) is 5.01. The van der Waals surface area contributed by atoms with Crippen LogP contribution in [0.25, 0.3) is 0 Å². The van der Waals surface area contributed by atoms with Crippen LogP contribution in [0.1, 0.15) is 29.8 Å². The zero-order valence-electron chi connectivity index (χ0n) is 17.0. The molecule has 1 N–H and O–H groups in total. The number of methoxy groups -OCH3 is 1. The molecule has 1 amide bonds. The van der Waals surface area contributed by atoms with E-state index >= 15 is 0 Å². The maximum atomic E-state index is 12.0. The maximum Gasteiger partial charge on any atom is 0.338 e. The molecule has 0 aliphatic heterocycles. The molecular weight excluding hydrogens is 374 g/mol. The van der Waals surface area contributed by atoms with Crippen LogP contribution in [0, 0.1) is 0 Å². The van der Waals surface area contributed by atoms with E-state index in [0.717, 1.165) is 5.56 Å². The average Bonchev–Trinajstić information content (AvgIpc) is 2.74. The highest BCUT2D eigenvalue weighted by Crippen LogP contribution is 2.28. The quantitative estimate of drug-likeness (QED) is 0.583. The van der Waals surface area contributed by atoms with E-state index in [0.29, 0.717) is 49.0 Å². The lowest BCUT2D eigenvalue weighted by Gasteiger charge is -2.12. The topological polar surface area (TPSA) is 83.1 Å². The summed E-state index contributed by atoms with van der Waals surface area (Å²) in [5, 5.41) is 2.74. The Morgan fingerprint density at radius 1 is 0.931 bits per heavy atom. The van der Waals surface area contributed by atoms with E-state index in [1.807, 2.05) is 32.0 Å². The number of esters is 1. The summed E-state index contributed by atoms with van der Waals surface area (Å²) in [7, 11) is 1.54. The van der Waals surface area contributed by atoms with E-state index in [1.54, 1.807) is 31.4 Å². The van der Waals surface area contributed by atoms with Crippen molar-refractivity contribution < 1.29 is 28.5 Å². The van der Waals surface area contributed by atoms with Gasteiger partial charge in [0.15, 0.2) is 18.1 Å². The molecule has 2 aromatic rings. The predicted octanol–water partition coefficient (Wildman–Crippen LogP) is 3.01. The lowest BCUT2D eigenvalue weighted by Crippen LogP contribution is -2.30. The molecule has 0 radical (unpaired) electrons. The summed E-state index contributed by atoms with van der Waals surface area (Å²) in [6, 6.07) is 12.2. The molecule has 0 saturated heterocycles. The van der Waals surface area contributed by atoms with Crippen LogP contribution in [-0.4, -0.2) is 45.4 Å². The van der Waals surface area contributed by atoms with Crippen molar-refractivity contribution >= 4 is 11.9 Å². The second-order valence-corrected chi connectivity index (χ2v) is 6.05. The fraction of sp³-hybridized carbons (Fsp3) is 0.364. The molecule has 0 aliphatic rings. The van der Waals surface area contributed by atoms with Crippen molar-refractivity contribution in [2.45, 2.75) is 20.3 Å². The van der Waals surface area contributed by atoms with Gasteiger partial charge < -0.3 is 24.3 Å². The lowest BCUT2D eigenvalue weighted by molar-refractivity contribution is -0.124. The third-order valence-electron chi connectivity index (χ3n) is 4.00. The number of carbonyl (C=O) groups excluding carboxylic acids is 2. The number of hydrogen-bond acceptors (Lipinski definition) is 6. The Bertz CT molecular complexity index is 803. The highest BCUT2D eigenvalue weighted by atomic mass is 16.5. The van der Waals surface area contributed by atoms with Gasteiger partial charge in [-0.2, -0.15) is 0 Å². The summed E-state index contributed by atoms with van der Waals surface area (Å²) in [4.78, 5) is 23.9. The van der Waals surface area contributed by atoms with Crippen molar-refractivity contribution in [3.05, 3.63) is 53.6 Å². The fourth-order valence-electron chi connectivity index (χ4n) is 2.59. The zero-order valence-corrected chi connectivity index (χ0v) is 17.0. The molecule has 0 bridgehead atoms. The average molecular weight is 401 g/mol. The van der Waals surface area contributed by atoms with Crippen LogP contribution in [0.3, 0.4) is 0 Å². The molecule has 2 rings (SSSR count). The number of ether oxygens (including phenoxy) is 4.